The summed E-state index contributed by atoms with van der Waals surface area (Å²) >= 11 is 0. The normalized spacial score (nSPS) is 12.4. The lowest BCUT2D eigenvalue weighted by Crippen LogP contribution is -2.39. The van der Waals surface area contributed by atoms with Crippen molar-refractivity contribution in [1.29, 1.82) is 0 Å². The highest BCUT2D eigenvalue weighted by Gasteiger charge is 2.14. The third-order valence-electron chi connectivity index (χ3n) is 2.34. The Labute approximate surface area is 106 Å². The number of aliphatic hydroxyl groups excluding tert-OH is 1. The molecule has 1 atom stereocenters. The fraction of sp³-hybridized carbons (Fsp3) is 0.500. The fourth-order valence-corrected chi connectivity index (χ4v) is 1.37. The maximum Gasteiger partial charge on any atom is 0.293 e. The number of carbonyl (C=O) groups excluding carboxylic acids is 2. The minimum Gasteiger partial charge on any atom is -0.459 e. The largest absolute Gasteiger partial charge is 0.459 e. The zero-order valence-corrected chi connectivity index (χ0v) is 10.5. The third-order valence-corrected chi connectivity index (χ3v) is 2.34. The summed E-state index contributed by atoms with van der Waals surface area (Å²) in [6.45, 7) is 2.37. The van der Waals surface area contributed by atoms with Crippen molar-refractivity contribution in [3.05, 3.63) is 24.2 Å². The number of nitrogens with one attached hydrogen (secondary N) is 1. The highest BCUT2D eigenvalue weighted by atomic mass is 16.3. The van der Waals surface area contributed by atoms with Crippen molar-refractivity contribution in [2.75, 3.05) is 20.1 Å². The van der Waals surface area contributed by atoms with Gasteiger partial charge >= 0.3 is 0 Å². The molecule has 6 heteroatoms. The van der Waals surface area contributed by atoms with E-state index in [4.69, 9.17) is 9.52 Å². The smallest absolute Gasteiger partial charge is 0.293 e. The van der Waals surface area contributed by atoms with Crippen LogP contribution in [0, 0.1) is 0 Å². The summed E-state index contributed by atoms with van der Waals surface area (Å²) in [4.78, 5) is 24.7. The molecule has 0 aliphatic heterocycles. The van der Waals surface area contributed by atoms with Crippen molar-refractivity contribution in [2.45, 2.75) is 19.4 Å². The van der Waals surface area contributed by atoms with Crippen molar-refractivity contribution in [3.63, 3.8) is 0 Å². The molecule has 100 valence electrons. The van der Waals surface area contributed by atoms with Gasteiger partial charge in [-0.2, -0.15) is 0 Å². The van der Waals surface area contributed by atoms with Crippen LogP contribution in [0.2, 0.25) is 0 Å². The molecule has 2 amide bonds. The van der Waals surface area contributed by atoms with Crippen LogP contribution in [0.5, 0.6) is 0 Å². The second-order valence-corrected chi connectivity index (χ2v) is 4.23. The van der Waals surface area contributed by atoms with E-state index < -0.39 is 17.9 Å². The van der Waals surface area contributed by atoms with E-state index in [-0.39, 0.29) is 12.3 Å². The number of furan rings is 1. The molecular weight excluding hydrogens is 236 g/mol. The number of imide groups is 1. The van der Waals surface area contributed by atoms with Crippen LogP contribution in [-0.2, 0) is 4.79 Å². The summed E-state index contributed by atoms with van der Waals surface area (Å²) in [6, 6.07) is 3.06. The van der Waals surface area contributed by atoms with Gasteiger partial charge in [-0.1, -0.05) is 0 Å². The maximum absolute atomic E-state index is 11.5. The van der Waals surface area contributed by atoms with Gasteiger partial charge in [-0.25, -0.2) is 0 Å². The van der Waals surface area contributed by atoms with Crippen LogP contribution in [-0.4, -0.2) is 48.1 Å². The Morgan fingerprint density at radius 1 is 1.56 bits per heavy atom. The van der Waals surface area contributed by atoms with Gasteiger partial charge in [-0.05, 0) is 32.5 Å². The van der Waals surface area contributed by atoms with Gasteiger partial charge < -0.3 is 9.52 Å². The first-order valence-electron chi connectivity index (χ1n) is 5.73. The SMILES string of the molecule is CC(O)CCN(C)CC(=O)NC(=O)c1ccco1. The van der Waals surface area contributed by atoms with E-state index in [0.29, 0.717) is 13.0 Å². The summed E-state index contributed by atoms with van der Waals surface area (Å²) in [6.07, 6.45) is 1.55. The number of carbonyl (C=O) groups is 2. The summed E-state index contributed by atoms with van der Waals surface area (Å²) in [5.74, 6) is -0.839. The number of amides is 2. The number of rotatable bonds is 6. The minimum absolute atomic E-state index is 0.0964. The summed E-state index contributed by atoms with van der Waals surface area (Å²) in [5, 5.41) is 11.3. The van der Waals surface area contributed by atoms with Crippen LogP contribution in [0.1, 0.15) is 23.9 Å². The third kappa shape index (κ3) is 5.11. The average Bonchev–Trinajstić information content (AvgIpc) is 2.79. The standard InChI is InChI=1S/C12H18N2O4/c1-9(15)5-6-14(2)8-11(16)13-12(17)10-4-3-7-18-10/h3-4,7,9,15H,5-6,8H2,1-2H3,(H,13,16,17). The second-order valence-electron chi connectivity index (χ2n) is 4.23. The van der Waals surface area contributed by atoms with Gasteiger partial charge in [0.1, 0.15) is 0 Å². The molecule has 0 aliphatic rings. The van der Waals surface area contributed by atoms with Gasteiger partial charge in [-0.15, -0.1) is 0 Å². The summed E-state index contributed by atoms with van der Waals surface area (Å²) in [7, 11) is 1.75. The van der Waals surface area contributed by atoms with Crippen LogP contribution in [0.3, 0.4) is 0 Å². The highest BCUT2D eigenvalue weighted by molar-refractivity contribution is 6.03. The van der Waals surface area contributed by atoms with Crippen molar-refractivity contribution in [3.8, 4) is 0 Å². The Balaban J connectivity index is 2.31. The first-order valence-corrected chi connectivity index (χ1v) is 5.73. The van der Waals surface area contributed by atoms with Gasteiger partial charge in [0, 0.05) is 6.54 Å². The molecule has 0 aromatic carbocycles. The first-order chi connectivity index (χ1) is 8.49. The Kier molecular flexibility index (Phi) is 5.54. The molecule has 1 unspecified atom stereocenters. The average molecular weight is 254 g/mol. The molecule has 0 spiro atoms. The number of likely N-dealkylation sites (N-methyl/N-ethyl adjacent to an activating group) is 1. The summed E-state index contributed by atoms with van der Waals surface area (Å²) < 4.78 is 4.87. The lowest BCUT2D eigenvalue weighted by atomic mass is 10.3. The Morgan fingerprint density at radius 3 is 2.83 bits per heavy atom. The number of hydrogen-bond acceptors (Lipinski definition) is 5. The monoisotopic (exact) mass is 254 g/mol. The Hall–Kier alpha value is -1.66. The zero-order chi connectivity index (χ0) is 13.5. The van der Waals surface area contributed by atoms with Gasteiger partial charge in [0.15, 0.2) is 5.76 Å². The fourth-order valence-electron chi connectivity index (χ4n) is 1.37. The van der Waals surface area contributed by atoms with E-state index in [0.717, 1.165) is 0 Å². The predicted molar refractivity (Wildman–Crippen MR) is 65.0 cm³/mol. The molecule has 1 heterocycles. The Morgan fingerprint density at radius 2 is 2.28 bits per heavy atom. The molecule has 0 radical (unpaired) electrons. The number of aliphatic hydroxyl groups is 1. The Bertz CT molecular complexity index is 387. The second kappa shape index (κ2) is 6.93. The molecule has 0 saturated carbocycles. The van der Waals surface area contributed by atoms with E-state index in [2.05, 4.69) is 5.32 Å². The predicted octanol–water partition coefficient (Wildman–Crippen LogP) is 0.239. The van der Waals surface area contributed by atoms with E-state index in [1.165, 1.54) is 12.3 Å². The van der Waals surface area contributed by atoms with E-state index in [1.807, 2.05) is 0 Å². The van der Waals surface area contributed by atoms with Crippen molar-refractivity contribution >= 4 is 11.8 Å². The molecule has 1 aromatic rings. The van der Waals surface area contributed by atoms with Crippen molar-refractivity contribution < 1.29 is 19.1 Å². The lowest BCUT2D eigenvalue weighted by Gasteiger charge is -2.16. The van der Waals surface area contributed by atoms with Crippen LogP contribution in [0.4, 0.5) is 0 Å². The van der Waals surface area contributed by atoms with Gasteiger partial charge in [-0.3, -0.25) is 19.8 Å². The van der Waals surface area contributed by atoms with E-state index >= 15 is 0 Å². The van der Waals surface area contributed by atoms with E-state index in [1.54, 1.807) is 24.9 Å². The van der Waals surface area contributed by atoms with Gasteiger partial charge in [0.25, 0.3) is 5.91 Å². The minimum atomic E-state index is -0.547. The molecule has 0 bridgehead atoms. The molecule has 0 aliphatic carbocycles. The van der Waals surface area contributed by atoms with Gasteiger partial charge in [0.05, 0.1) is 18.9 Å². The van der Waals surface area contributed by atoms with Crippen molar-refractivity contribution in [1.82, 2.24) is 10.2 Å². The van der Waals surface area contributed by atoms with Crippen molar-refractivity contribution in [2.24, 2.45) is 0 Å². The van der Waals surface area contributed by atoms with Crippen LogP contribution in [0.15, 0.2) is 22.8 Å². The molecule has 1 rings (SSSR count). The van der Waals surface area contributed by atoms with Crippen LogP contribution < -0.4 is 5.32 Å². The van der Waals surface area contributed by atoms with E-state index in [9.17, 15) is 9.59 Å². The van der Waals surface area contributed by atoms with Crippen LogP contribution in [0.25, 0.3) is 0 Å². The molecule has 2 N–H and O–H groups in total. The highest BCUT2D eigenvalue weighted by Crippen LogP contribution is 1.99. The molecule has 6 nitrogen and oxygen atoms in total. The number of hydrogen-bond donors (Lipinski definition) is 2. The topological polar surface area (TPSA) is 82.8 Å². The first kappa shape index (κ1) is 14.4. The van der Waals surface area contributed by atoms with Gasteiger partial charge in [0.2, 0.25) is 5.91 Å². The zero-order valence-electron chi connectivity index (χ0n) is 10.5. The molecule has 0 saturated heterocycles. The molecule has 18 heavy (non-hydrogen) atoms. The number of nitrogens with zero attached hydrogens (tertiary/aromatic N) is 1. The maximum atomic E-state index is 11.5. The lowest BCUT2D eigenvalue weighted by molar-refractivity contribution is -0.121. The molecular formula is C12H18N2O4. The molecule has 1 aromatic heterocycles. The van der Waals surface area contributed by atoms with Crippen LogP contribution >= 0.6 is 0 Å². The summed E-state index contributed by atoms with van der Waals surface area (Å²) in [5.41, 5.74) is 0. The molecule has 0 fully saturated rings. The quantitative estimate of drug-likeness (QED) is 0.759.